The van der Waals surface area contributed by atoms with Crippen LogP contribution < -0.4 is 9.47 Å². The van der Waals surface area contributed by atoms with E-state index in [1.165, 1.54) is 31.8 Å². The van der Waals surface area contributed by atoms with Crippen LogP contribution in [0.4, 0.5) is 0 Å². The van der Waals surface area contributed by atoms with E-state index in [0.29, 0.717) is 11.6 Å². The SMILES string of the molecule is COc1cnc(C(O)c2cccs2)c(OC)n1. The number of nitrogens with zero attached hydrogens (tertiary/aromatic N) is 2. The molecule has 2 rings (SSSR count). The van der Waals surface area contributed by atoms with Crippen molar-refractivity contribution in [3.8, 4) is 11.8 Å². The molecule has 0 amide bonds. The summed E-state index contributed by atoms with van der Waals surface area (Å²) >= 11 is 1.45. The smallest absolute Gasteiger partial charge is 0.241 e. The van der Waals surface area contributed by atoms with Crippen LogP contribution in [0, 0.1) is 0 Å². The van der Waals surface area contributed by atoms with Gasteiger partial charge in [-0.15, -0.1) is 11.3 Å². The highest BCUT2D eigenvalue weighted by Crippen LogP contribution is 2.30. The van der Waals surface area contributed by atoms with E-state index in [-0.39, 0.29) is 5.88 Å². The minimum absolute atomic E-state index is 0.269. The average Bonchev–Trinajstić information content (AvgIpc) is 2.91. The van der Waals surface area contributed by atoms with Gasteiger partial charge in [-0.3, -0.25) is 0 Å². The summed E-state index contributed by atoms with van der Waals surface area (Å²) in [6, 6.07) is 3.70. The molecule has 0 aliphatic heterocycles. The Morgan fingerprint density at radius 3 is 2.76 bits per heavy atom. The van der Waals surface area contributed by atoms with E-state index in [9.17, 15) is 5.11 Å². The fourth-order valence-electron chi connectivity index (χ4n) is 1.38. The van der Waals surface area contributed by atoms with E-state index in [0.717, 1.165) is 4.88 Å². The first kappa shape index (κ1) is 11.8. The van der Waals surface area contributed by atoms with E-state index < -0.39 is 6.10 Å². The van der Waals surface area contributed by atoms with Crippen molar-refractivity contribution in [2.75, 3.05) is 14.2 Å². The van der Waals surface area contributed by atoms with Crippen molar-refractivity contribution in [3.05, 3.63) is 34.3 Å². The first-order chi connectivity index (χ1) is 8.26. The van der Waals surface area contributed by atoms with Crippen LogP contribution in [0.15, 0.2) is 23.7 Å². The van der Waals surface area contributed by atoms with Crippen LogP contribution in [0.5, 0.6) is 11.8 Å². The molecule has 0 saturated carbocycles. The second-order valence-electron chi connectivity index (χ2n) is 3.22. The molecule has 90 valence electrons. The van der Waals surface area contributed by atoms with Gasteiger partial charge in [0.05, 0.1) is 20.4 Å². The molecular formula is C11H12N2O3S. The zero-order chi connectivity index (χ0) is 12.3. The molecule has 0 bridgehead atoms. The lowest BCUT2D eigenvalue weighted by molar-refractivity contribution is 0.210. The van der Waals surface area contributed by atoms with Gasteiger partial charge in [0, 0.05) is 4.88 Å². The molecule has 2 aromatic heterocycles. The minimum atomic E-state index is -0.830. The minimum Gasteiger partial charge on any atom is -0.480 e. The van der Waals surface area contributed by atoms with Gasteiger partial charge in [0.1, 0.15) is 11.8 Å². The lowest BCUT2D eigenvalue weighted by Gasteiger charge is -2.12. The van der Waals surface area contributed by atoms with E-state index >= 15 is 0 Å². The summed E-state index contributed by atoms with van der Waals surface area (Å²) < 4.78 is 10.0. The fourth-order valence-corrected chi connectivity index (χ4v) is 2.10. The fraction of sp³-hybridized carbons (Fsp3) is 0.273. The standard InChI is InChI=1S/C11H12N2O3S/c1-15-8-6-12-9(11(13-8)16-2)10(14)7-4-3-5-17-7/h3-6,10,14H,1-2H3. The number of aromatic nitrogens is 2. The van der Waals surface area contributed by atoms with Crippen molar-refractivity contribution in [3.63, 3.8) is 0 Å². The molecule has 2 aromatic rings. The Morgan fingerprint density at radius 2 is 2.18 bits per heavy atom. The lowest BCUT2D eigenvalue weighted by Crippen LogP contribution is -2.06. The van der Waals surface area contributed by atoms with Gasteiger partial charge in [-0.1, -0.05) is 6.07 Å². The number of thiophene rings is 1. The van der Waals surface area contributed by atoms with Crippen LogP contribution in [-0.4, -0.2) is 29.3 Å². The van der Waals surface area contributed by atoms with E-state index in [1.807, 2.05) is 17.5 Å². The second kappa shape index (κ2) is 5.11. The first-order valence-electron chi connectivity index (χ1n) is 4.92. The summed E-state index contributed by atoms with van der Waals surface area (Å²) in [5, 5.41) is 12.0. The van der Waals surface area contributed by atoms with Gasteiger partial charge < -0.3 is 14.6 Å². The van der Waals surface area contributed by atoms with Crippen molar-refractivity contribution in [2.45, 2.75) is 6.10 Å². The first-order valence-corrected chi connectivity index (χ1v) is 5.80. The zero-order valence-corrected chi connectivity index (χ0v) is 10.3. The van der Waals surface area contributed by atoms with E-state index in [1.54, 1.807) is 0 Å². The molecule has 1 atom stereocenters. The van der Waals surface area contributed by atoms with Gasteiger partial charge >= 0.3 is 0 Å². The Kier molecular flexibility index (Phi) is 3.55. The van der Waals surface area contributed by atoms with Crippen LogP contribution in [0.3, 0.4) is 0 Å². The number of aliphatic hydroxyl groups is 1. The number of hydrogen-bond acceptors (Lipinski definition) is 6. The Labute approximate surface area is 103 Å². The monoisotopic (exact) mass is 252 g/mol. The Hall–Kier alpha value is -1.66. The molecule has 1 unspecified atom stereocenters. The predicted molar refractivity (Wildman–Crippen MR) is 63.5 cm³/mol. The van der Waals surface area contributed by atoms with E-state index in [4.69, 9.17) is 9.47 Å². The molecule has 0 fully saturated rings. The summed E-state index contributed by atoms with van der Waals surface area (Å²) in [5.74, 6) is 0.620. The summed E-state index contributed by atoms with van der Waals surface area (Å²) in [5.41, 5.74) is 0.385. The van der Waals surface area contributed by atoms with Crippen LogP contribution in [0.2, 0.25) is 0 Å². The van der Waals surface area contributed by atoms with Crippen LogP contribution in [-0.2, 0) is 0 Å². The summed E-state index contributed by atoms with van der Waals surface area (Å²) in [7, 11) is 2.98. The molecular weight excluding hydrogens is 240 g/mol. The van der Waals surface area contributed by atoms with Gasteiger partial charge in [0.25, 0.3) is 0 Å². The lowest BCUT2D eigenvalue weighted by atomic mass is 10.2. The maximum absolute atomic E-state index is 10.1. The summed E-state index contributed by atoms with van der Waals surface area (Å²) in [6.07, 6.45) is 0.623. The van der Waals surface area contributed by atoms with Gasteiger partial charge in [-0.05, 0) is 11.4 Å². The predicted octanol–water partition coefficient (Wildman–Crippen LogP) is 1.64. The maximum Gasteiger partial charge on any atom is 0.241 e. The molecule has 6 heteroatoms. The zero-order valence-electron chi connectivity index (χ0n) is 9.45. The molecule has 0 aliphatic rings. The van der Waals surface area contributed by atoms with Gasteiger partial charge in [0.2, 0.25) is 11.8 Å². The highest BCUT2D eigenvalue weighted by Gasteiger charge is 2.19. The largest absolute Gasteiger partial charge is 0.480 e. The molecule has 0 aliphatic carbocycles. The highest BCUT2D eigenvalue weighted by atomic mass is 32.1. The summed E-state index contributed by atoms with van der Waals surface area (Å²) in [6.45, 7) is 0. The number of methoxy groups -OCH3 is 2. The molecule has 1 N–H and O–H groups in total. The highest BCUT2D eigenvalue weighted by molar-refractivity contribution is 7.10. The van der Waals surface area contributed by atoms with E-state index in [2.05, 4.69) is 9.97 Å². The molecule has 0 aromatic carbocycles. The molecule has 2 heterocycles. The topological polar surface area (TPSA) is 64.5 Å². The van der Waals surface area contributed by atoms with Crippen LogP contribution in [0.25, 0.3) is 0 Å². The third kappa shape index (κ3) is 2.37. The third-order valence-electron chi connectivity index (χ3n) is 2.22. The molecule has 0 radical (unpaired) electrons. The van der Waals surface area contributed by atoms with Crippen LogP contribution in [0.1, 0.15) is 16.7 Å². The normalized spacial score (nSPS) is 12.2. The number of ether oxygens (including phenoxy) is 2. The number of rotatable bonds is 4. The van der Waals surface area contributed by atoms with Crippen molar-refractivity contribution < 1.29 is 14.6 Å². The second-order valence-corrected chi connectivity index (χ2v) is 4.20. The Morgan fingerprint density at radius 1 is 1.35 bits per heavy atom. The quantitative estimate of drug-likeness (QED) is 0.896. The van der Waals surface area contributed by atoms with Gasteiger partial charge in [-0.25, -0.2) is 4.98 Å². The van der Waals surface area contributed by atoms with Crippen molar-refractivity contribution in [1.82, 2.24) is 9.97 Å². The number of aliphatic hydroxyl groups excluding tert-OH is 1. The van der Waals surface area contributed by atoms with Crippen LogP contribution >= 0.6 is 11.3 Å². The summed E-state index contributed by atoms with van der Waals surface area (Å²) in [4.78, 5) is 8.99. The molecule has 5 nitrogen and oxygen atoms in total. The van der Waals surface area contributed by atoms with Gasteiger partial charge in [-0.2, -0.15) is 4.98 Å². The molecule has 17 heavy (non-hydrogen) atoms. The van der Waals surface area contributed by atoms with Crippen molar-refractivity contribution in [2.24, 2.45) is 0 Å². The number of hydrogen-bond donors (Lipinski definition) is 1. The Balaban J connectivity index is 2.38. The third-order valence-corrected chi connectivity index (χ3v) is 3.14. The maximum atomic E-state index is 10.1. The van der Waals surface area contributed by atoms with Crippen molar-refractivity contribution in [1.29, 1.82) is 0 Å². The Bertz CT molecular complexity index is 487. The van der Waals surface area contributed by atoms with Crippen molar-refractivity contribution >= 4 is 11.3 Å². The molecule has 0 saturated heterocycles. The molecule has 0 spiro atoms. The van der Waals surface area contributed by atoms with Gasteiger partial charge in [0.15, 0.2) is 0 Å². The average molecular weight is 252 g/mol.